The highest BCUT2D eigenvalue weighted by Gasteiger charge is 2.35. The van der Waals surface area contributed by atoms with Crippen LogP contribution in [-0.4, -0.2) is 40.4 Å². The van der Waals surface area contributed by atoms with Gasteiger partial charge in [-0.1, -0.05) is 53.6 Å². The minimum atomic E-state index is -0.546. The lowest BCUT2D eigenvalue weighted by atomic mass is 9.91. The van der Waals surface area contributed by atoms with E-state index in [-0.39, 0.29) is 6.61 Å². The molecule has 0 radical (unpaired) electrons. The first kappa shape index (κ1) is 21.4. The van der Waals surface area contributed by atoms with E-state index in [2.05, 4.69) is 20.8 Å². The van der Waals surface area contributed by atoms with Crippen LogP contribution in [0.5, 0.6) is 11.5 Å². The van der Waals surface area contributed by atoms with E-state index in [0.29, 0.717) is 28.7 Å². The molecule has 0 aliphatic carbocycles. The van der Waals surface area contributed by atoms with Gasteiger partial charge in [-0.05, 0) is 51.4 Å². The van der Waals surface area contributed by atoms with Crippen LogP contribution in [0.15, 0.2) is 71.9 Å². The third kappa shape index (κ3) is 3.71. The topological polar surface area (TPSA) is 100 Å². The van der Waals surface area contributed by atoms with Crippen LogP contribution in [0.3, 0.4) is 0 Å². The SMILES string of the molecule is COc1ccc(COC(=O)C2=C(C)Nc3nnnn3C2c2cccc3ccccc23)cc1OC. The molecule has 0 spiro atoms. The molecule has 0 fully saturated rings. The summed E-state index contributed by atoms with van der Waals surface area (Å²) in [5.74, 6) is 1.18. The van der Waals surface area contributed by atoms with Gasteiger partial charge in [0.15, 0.2) is 11.5 Å². The number of fused-ring (bicyclic) bond motifs is 2. The number of ether oxygens (including phenoxy) is 3. The van der Waals surface area contributed by atoms with Gasteiger partial charge in [0.05, 0.1) is 19.8 Å². The van der Waals surface area contributed by atoms with Crippen molar-refractivity contribution in [2.24, 2.45) is 0 Å². The number of nitrogens with one attached hydrogen (secondary N) is 1. The van der Waals surface area contributed by atoms with Crippen LogP contribution in [0.25, 0.3) is 10.8 Å². The number of anilines is 1. The Morgan fingerprint density at radius 3 is 2.65 bits per heavy atom. The van der Waals surface area contributed by atoms with Gasteiger partial charge in [-0.25, -0.2) is 4.79 Å². The number of rotatable bonds is 6. The first-order valence-corrected chi connectivity index (χ1v) is 10.7. The number of nitrogens with zero attached hydrogens (tertiary/aromatic N) is 4. The largest absolute Gasteiger partial charge is 0.493 e. The Morgan fingerprint density at radius 1 is 1.03 bits per heavy atom. The van der Waals surface area contributed by atoms with Crippen LogP contribution in [0.4, 0.5) is 5.95 Å². The van der Waals surface area contributed by atoms with Gasteiger partial charge in [0.1, 0.15) is 12.6 Å². The van der Waals surface area contributed by atoms with Gasteiger partial charge >= 0.3 is 5.97 Å². The predicted molar refractivity (Wildman–Crippen MR) is 126 cm³/mol. The zero-order valence-corrected chi connectivity index (χ0v) is 19.0. The normalized spacial score (nSPS) is 15.0. The molecule has 1 unspecified atom stereocenters. The van der Waals surface area contributed by atoms with Crippen molar-refractivity contribution in [3.05, 3.63) is 83.1 Å². The fourth-order valence-electron chi connectivity index (χ4n) is 4.25. The Labute approximate surface area is 195 Å². The van der Waals surface area contributed by atoms with Gasteiger partial charge in [0.25, 0.3) is 0 Å². The fraction of sp³-hybridized carbons (Fsp3) is 0.200. The van der Waals surface area contributed by atoms with E-state index >= 15 is 0 Å². The van der Waals surface area contributed by atoms with Crippen molar-refractivity contribution in [1.82, 2.24) is 20.2 Å². The summed E-state index contributed by atoms with van der Waals surface area (Å²) in [7, 11) is 3.14. The van der Waals surface area contributed by atoms with Crippen LogP contribution in [0, 0.1) is 0 Å². The lowest BCUT2D eigenvalue weighted by Gasteiger charge is -2.28. The molecule has 9 heteroatoms. The number of allylic oxidation sites excluding steroid dienone is 1. The number of aromatic nitrogens is 4. The molecule has 4 aromatic rings. The maximum absolute atomic E-state index is 13.5. The Morgan fingerprint density at radius 2 is 1.82 bits per heavy atom. The van der Waals surface area contributed by atoms with Crippen LogP contribution in [-0.2, 0) is 16.1 Å². The van der Waals surface area contributed by atoms with E-state index in [1.807, 2.05) is 55.5 Å². The summed E-state index contributed by atoms with van der Waals surface area (Å²) in [6.45, 7) is 1.89. The molecule has 0 amide bonds. The zero-order valence-electron chi connectivity index (χ0n) is 19.0. The van der Waals surface area contributed by atoms with Crippen LogP contribution in [0.1, 0.15) is 24.1 Å². The van der Waals surface area contributed by atoms with E-state index in [9.17, 15) is 4.79 Å². The number of hydrogen-bond donors (Lipinski definition) is 1. The van der Waals surface area contributed by atoms with Gasteiger partial charge < -0.3 is 19.5 Å². The molecule has 1 aliphatic heterocycles. The van der Waals surface area contributed by atoms with Crippen molar-refractivity contribution in [3.8, 4) is 11.5 Å². The van der Waals surface area contributed by atoms with Crippen LogP contribution in [0.2, 0.25) is 0 Å². The zero-order chi connectivity index (χ0) is 23.7. The summed E-state index contributed by atoms with van der Waals surface area (Å²) in [5.41, 5.74) is 2.76. The second-order valence-electron chi connectivity index (χ2n) is 7.85. The van der Waals surface area contributed by atoms with Crippen molar-refractivity contribution >= 4 is 22.7 Å². The smallest absolute Gasteiger partial charge is 0.338 e. The van der Waals surface area contributed by atoms with Gasteiger partial charge in [-0.3, -0.25) is 0 Å². The second kappa shape index (κ2) is 8.86. The molecule has 172 valence electrons. The fourth-order valence-corrected chi connectivity index (χ4v) is 4.25. The van der Waals surface area contributed by atoms with Crippen molar-refractivity contribution in [2.75, 3.05) is 19.5 Å². The quantitative estimate of drug-likeness (QED) is 0.436. The number of carbonyl (C=O) groups is 1. The maximum Gasteiger partial charge on any atom is 0.338 e. The van der Waals surface area contributed by atoms with Crippen LogP contribution < -0.4 is 14.8 Å². The molecule has 1 N–H and O–H groups in total. The van der Waals surface area contributed by atoms with Crippen molar-refractivity contribution < 1.29 is 19.0 Å². The minimum Gasteiger partial charge on any atom is -0.493 e. The molecule has 1 aliphatic rings. The predicted octanol–water partition coefficient (Wildman–Crippen LogP) is 3.88. The molecule has 2 heterocycles. The summed E-state index contributed by atoms with van der Waals surface area (Å²) in [6.07, 6.45) is 0. The van der Waals surface area contributed by atoms with Gasteiger partial charge in [-0.15, -0.1) is 0 Å². The Kier molecular flexibility index (Phi) is 5.59. The van der Waals surface area contributed by atoms with Crippen molar-refractivity contribution in [1.29, 1.82) is 0 Å². The third-order valence-corrected chi connectivity index (χ3v) is 5.87. The highest BCUT2D eigenvalue weighted by atomic mass is 16.5. The van der Waals surface area contributed by atoms with Gasteiger partial charge in [-0.2, -0.15) is 4.68 Å². The van der Waals surface area contributed by atoms with Crippen molar-refractivity contribution in [2.45, 2.75) is 19.6 Å². The van der Waals surface area contributed by atoms with Gasteiger partial charge in [0, 0.05) is 5.70 Å². The lowest BCUT2D eigenvalue weighted by Crippen LogP contribution is -2.29. The molecular weight excluding hydrogens is 434 g/mol. The minimum absolute atomic E-state index is 0.0701. The molecule has 0 saturated carbocycles. The molecule has 34 heavy (non-hydrogen) atoms. The summed E-state index contributed by atoms with van der Waals surface area (Å²) < 4.78 is 18.0. The Balaban J connectivity index is 1.51. The number of tetrazole rings is 1. The van der Waals surface area contributed by atoms with Gasteiger partial charge in [0.2, 0.25) is 5.95 Å². The standard InChI is InChI=1S/C25H23N5O4/c1-15-22(24(31)34-14-16-11-12-20(32-2)21(13-16)33-3)23(30-25(26-15)27-28-29-30)19-10-6-8-17-7-4-5-9-18(17)19/h4-13,23H,14H2,1-3H3,(H,26,27,29). The summed E-state index contributed by atoms with van der Waals surface area (Å²) >= 11 is 0. The van der Waals surface area contributed by atoms with Crippen molar-refractivity contribution in [3.63, 3.8) is 0 Å². The number of carbonyl (C=O) groups excluding carboxylic acids is 1. The lowest BCUT2D eigenvalue weighted by molar-refractivity contribution is -0.140. The Bertz CT molecular complexity index is 1410. The van der Waals surface area contributed by atoms with E-state index in [1.165, 1.54) is 0 Å². The first-order chi connectivity index (χ1) is 16.6. The highest BCUT2D eigenvalue weighted by molar-refractivity contribution is 5.95. The molecule has 5 rings (SSSR count). The second-order valence-corrected chi connectivity index (χ2v) is 7.85. The molecule has 0 saturated heterocycles. The number of esters is 1. The Hall–Kier alpha value is -4.40. The summed E-state index contributed by atoms with van der Waals surface area (Å²) in [5, 5.41) is 17.2. The number of hydrogen-bond acceptors (Lipinski definition) is 8. The molecule has 1 aromatic heterocycles. The number of methoxy groups -OCH3 is 2. The summed E-state index contributed by atoms with van der Waals surface area (Å²) in [4.78, 5) is 13.5. The molecule has 9 nitrogen and oxygen atoms in total. The third-order valence-electron chi connectivity index (χ3n) is 5.87. The maximum atomic E-state index is 13.5. The first-order valence-electron chi connectivity index (χ1n) is 10.7. The van der Waals surface area contributed by atoms with E-state index in [4.69, 9.17) is 14.2 Å². The summed E-state index contributed by atoms with van der Waals surface area (Å²) in [6, 6.07) is 18.8. The number of benzene rings is 3. The highest BCUT2D eigenvalue weighted by Crippen LogP contribution is 2.38. The van der Waals surface area contributed by atoms with E-state index < -0.39 is 12.0 Å². The van der Waals surface area contributed by atoms with E-state index in [1.54, 1.807) is 31.0 Å². The van der Waals surface area contributed by atoms with Crippen LogP contribution >= 0.6 is 0 Å². The molecule has 1 atom stereocenters. The monoisotopic (exact) mass is 457 g/mol. The molecular formula is C25H23N5O4. The molecule has 3 aromatic carbocycles. The van der Waals surface area contributed by atoms with E-state index in [0.717, 1.165) is 21.9 Å². The molecule has 0 bridgehead atoms. The average molecular weight is 457 g/mol. The average Bonchev–Trinajstić information content (AvgIpc) is 3.34.